The SMILES string of the molecule is O=C(NCc1ccc(F)cc1F)c1nnn2c1CO[C@@H](c1ccc(F)cc1)C2. The standard InChI is InChI=1S/C19H15F3N4O2/c20-13-4-1-11(2-5-13)17-9-26-16(10-28-17)18(24-25-26)19(27)23-8-12-3-6-14(21)7-15(12)22/h1-7,17H,8-10H2,(H,23,27)/t17-/m1/s1. The van der Waals surface area contributed by atoms with Crippen LogP contribution in [0.3, 0.4) is 0 Å². The van der Waals surface area contributed by atoms with E-state index in [0.29, 0.717) is 12.2 Å². The van der Waals surface area contributed by atoms with Crippen molar-refractivity contribution in [2.24, 2.45) is 0 Å². The van der Waals surface area contributed by atoms with Crippen LogP contribution in [0.1, 0.15) is 33.4 Å². The Labute approximate surface area is 157 Å². The van der Waals surface area contributed by atoms with Crippen molar-refractivity contribution in [3.05, 3.63) is 82.4 Å². The van der Waals surface area contributed by atoms with Gasteiger partial charge in [-0.05, 0) is 23.8 Å². The Balaban J connectivity index is 1.45. The van der Waals surface area contributed by atoms with Gasteiger partial charge in [-0.3, -0.25) is 4.79 Å². The first kappa shape index (κ1) is 18.2. The number of rotatable bonds is 4. The molecule has 0 bridgehead atoms. The van der Waals surface area contributed by atoms with Gasteiger partial charge in [0.15, 0.2) is 5.69 Å². The molecule has 6 nitrogen and oxygen atoms in total. The van der Waals surface area contributed by atoms with E-state index in [-0.39, 0.29) is 36.3 Å². The maximum absolute atomic E-state index is 13.7. The monoisotopic (exact) mass is 388 g/mol. The fraction of sp³-hybridized carbons (Fsp3) is 0.211. The van der Waals surface area contributed by atoms with E-state index < -0.39 is 17.5 Å². The number of carbonyl (C=O) groups is 1. The number of carbonyl (C=O) groups excluding carboxylic acids is 1. The quantitative estimate of drug-likeness (QED) is 0.746. The van der Waals surface area contributed by atoms with Crippen molar-refractivity contribution < 1.29 is 22.7 Å². The van der Waals surface area contributed by atoms with E-state index in [0.717, 1.165) is 17.7 Å². The summed E-state index contributed by atoms with van der Waals surface area (Å²) < 4.78 is 47.0. The Morgan fingerprint density at radius 2 is 1.89 bits per heavy atom. The van der Waals surface area contributed by atoms with Crippen LogP contribution in [0, 0.1) is 17.5 Å². The summed E-state index contributed by atoms with van der Waals surface area (Å²) in [4.78, 5) is 12.4. The predicted molar refractivity (Wildman–Crippen MR) is 91.5 cm³/mol. The highest BCUT2D eigenvalue weighted by atomic mass is 19.1. The summed E-state index contributed by atoms with van der Waals surface area (Å²) in [5.74, 6) is -2.30. The van der Waals surface area contributed by atoms with E-state index in [1.54, 1.807) is 16.8 Å². The number of nitrogens with zero attached hydrogens (tertiary/aromatic N) is 3. The summed E-state index contributed by atoms with van der Waals surface area (Å²) in [6.45, 7) is 0.312. The van der Waals surface area contributed by atoms with Crippen molar-refractivity contribution in [1.82, 2.24) is 20.3 Å². The highest BCUT2D eigenvalue weighted by Gasteiger charge is 2.27. The van der Waals surface area contributed by atoms with Gasteiger partial charge in [-0.2, -0.15) is 0 Å². The summed E-state index contributed by atoms with van der Waals surface area (Å²) in [7, 11) is 0. The molecule has 144 valence electrons. The molecule has 0 spiro atoms. The van der Waals surface area contributed by atoms with Crippen LogP contribution in [0.4, 0.5) is 13.2 Å². The molecule has 0 saturated carbocycles. The average molecular weight is 388 g/mol. The molecule has 4 rings (SSSR count). The summed E-state index contributed by atoms with van der Waals surface area (Å²) in [5.41, 5.74) is 1.53. The fourth-order valence-corrected chi connectivity index (χ4v) is 2.99. The van der Waals surface area contributed by atoms with Crippen molar-refractivity contribution in [2.45, 2.75) is 25.8 Å². The molecular weight excluding hydrogens is 373 g/mol. The third kappa shape index (κ3) is 3.61. The zero-order valence-electron chi connectivity index (χ0n) is 14.5. The first-order valence-electron chi connectivity index (χ1n) is 8.53. The zero-order chi connectivity index (χ0) is 19.7. The molecule has 0 aliphatic carbocycles. The van der Waals surface area contributed by atoms with Crippen molar-refractivity contribution in [2.75, 3.05) is 0 Å². The van der Waals surface area contributed by atoms with E-state index in [1.807, 2.05) is 0 Å². The van der Waals surface area contributed by atoms with Gasteiger partial charge in [0.2, 0.25) is 0 Å². The Morgan fingerprint density at radius 1 is 1.14 bits per heavy atom. The van der Waals surface area contributed by atoms with Crippen LogP contribution in [0.25, 0.3) is 0 Å². The second kappa shape index (κ2) is 7.43. The smallest absolute Gasteiger partial charge is 0.274 e. The number of hydrogen-bond acceptors (Lipinski definition) is 4. The molecule has 0 radical (unpaired) electrons. The lowest BCUT2D eigenvalue weighted by Crippen LogP contribution is -2.27. The molecule has 1 amide bonds. The first-order valence-corrected chi connectivity index (χ1v) is 8.53. The Hall–Kier alpha value is -3.20. The maximum Gasteiger partial charge on any atom is 0.274 e. The van der Waals surface area contributed by atoms with Crippen LogP contribution < -0.4 is 5.32 Å². The fourth-order valence-electron chi connectivity index (χ4n) is 2.99. The molecule has 1 aliphatic heterocycles. The largest absolute Gasteiger partial charge is 0.365 e. The van der Waals surface area contributed by atoms with Gasteiger partial charge in [0.1, 0.15) is 23.6 Å². The van der Waals surface area contributed by atoms with Gasteiger partial charge >= 0.3 is 0 Å². The third-order valence-electron chi connectivity index (χ3n) is 4.51. The Morgan fingerprint density at radius 3 is 2.64 bits per heavy atom. The van der Waals surface area contributed by atoms with Crippen molar-refractivity contribution in [3.8, 4) is 0 Å². The minimum absolute atomic E-state index is 0.0834. The number of hydrogen-bond donors (Lipinski definition) is 1. The van der Waals surface area contributed by atoms with E-state index in [4.69, 9.17) is 4.74 Å². The molecule has 0 fully saturated rings. The highest BCUT2D eigenvalue weighted by Crippen LogP contribution is 2.27. The summed E-state index contributed by atoms with van der Waals surface area (Å²) in [6, 6.07) is 9.10. The number of aromatic nitrogens is 3. The topological polar surface area (TPSA) is 69.0 Å². The second-order valence-corrected chi connectivity index (χ2v) is 6.34. The van der Waals surface area contributed by atoms with E-state index in [1.165, 1.54) is 18.2 Å². The molecule has 1 aliphatic rings. The lowest BCUT2D eigenvalue weighted by Gasteiger charge is -2.24. The van der Waals surface area contributed by atoms with Gasteiger partial charge in [0.05, 0.1) is 18.8 Å². The van der Waals surface area contributed by atoms with Crippen LogP contribution in [-0.4, -0.2) is 20.9 Å². The van der Waals surface area contributed by atoms with Gasteiger partial charge in [-0.25, -0.2) is 17.9 Å². The Kier molecular flexibility index (Phi) is 4.82. The van der Waals surface area contributed by atoms with Gasteiger partial charge in [0, 0.05) is 18.2 Å². The maximum atomic E-state index is 13.7. The normalized spacial score (nSPS) is 15.9. The number of nitrogens with one attached hydrogen (secondary N) is 1. The molecule has 9 heteroatoms. The number of fused-ring (bicyclic) bond motifs is 1. The first-order chi connectivity index (χ1) is 13.5. The van der Waals surface area contributed by atoms with Crippen molar-refractivity contribution in [1.29, 1.82) is 0 Å². The lowest BCUT2D eigenvalue weighted by atomic mass is 10.1. The molecule has 0 saturated heterocycles. The molecule has 2 heterocycles. The number of amides is 1. The molecule has 3 aromatic rings. The van der Waals surface area contributed by atoms with Crippen molar-refractivity contribution >= 4 is 5.91 Å². The van der Waals surface area contributed by atoms with Crippen LogP contribution in [0.5, 0.6) is 0 Å². The molecular formula is C19H15F3N4O2. The van der Waals surface area contributed by atoms with Gasteiger partial charge in [-0.15, -0.1) is 5.10 Å². The molecule has 28 heavy (non-hydrogen) atoms. The van der Waals surface area contributed by atoms with E-state index in [9.17, 15) is 18.0 Å². The summed E-state index contributed by atoms with van der Waals surface area (Å²) in [6.07, 6.45) is -0.334. The zero-order valence-corrected chi connectivity index (χ0v) is 14.5. The molecule has 1 atom stereocenters. The van der Waals surface area contributed by atoms with E-state index in [2.05, 4.69) is 15.6 Å². The predicted octanol–water partition coefficient (Wildman–Crippen LogP) is 2.90. The highest BCUT2D eigenvalue weighted by molar-refractivity contribution is 5.93. The minimum atomic E-state index is -0.740. The van der Waals surface area contributed by atoms with Crippen LogP contribution in [0.15, 0.2) is 42.5 Å². The van der Waals surface area contributed by atoms with Gasteiger partial charge in [-0.1, -0.05) is 23.4 Å². The lowest BCUT2D eigenvalue weighted by molar-refractivity contribution is -0.00180. The minimum Gasteiger partial charge on any atom is -0.365 e. The van der Waals surface area contributed by atoms with Crippen LogP contribution >= 0.6 is 0 Å². The molecule has 1 aromatic heterocycles. The van der Waals surface area contributed by atoms with Gasteiger partial charge < -0.3 is 10.1 Å². The van der Waals surface area contributed by atoms with Crippen LogP contribution in [0.2, 0.25) is 0 Å². The van der Waals surface area contributed by atoms with Crippen molar-refractivity contribution in [3.63, 3.8) is 0 Å². The van der Waals surface area contributed by atoms with Crippen LogP contribution in [-0.2, 0) is 24.4 Å². The third-order valence-corrected chi connectivity index (χ3v) is 4.51. The summed E-state index contributed by atoms with van der Waals surface area (Å²) >= 11 is 0. The number of benzene rings is 2. The van der Waals surface area contributed by atoms with Gasteiger partial charge in [0.25, 0.3) is 5.91 Å². The van der Waals surface area contributed by atoms with E-state index >= 15 is 0 Å². The average Bonchev–Trinajstić information content (AvgIpc) is 3.11. The number of ether oxygens (including phenoxy) is 1. The Bertz CT molecular complexity index is 1020. The number of halogens is 3. The molecule has 1 N–H and O–H groups in total. The molecule has 0 unspecified atom stereocenters. The molecule has 2 aromatic carbocycles. The second-order valence-electron chi connectivity index (χ2n) is 6.34. The summed E-state index contributed by atoms with van der Waals surface area (Å²) in [5, 5.41) is 10.4.